The summed E-state index contributed by atoms with van der Waals surface area (Å²) in [6.45, 7) is 0.454. The van der Waals surface area contributed by atoms with Gasteiger partial charge in [-0.3, -0.25) is 4.79 Å². The normalized spacial score (nSPS) is 14.2. The minimum Gasteiger partial charge on any atom is -0.388 e. The second-order valence-corrected chi connectivity index (χ2v) is 9.67. The van der Waals surface area contributed by atoms with Crippen LogP contribution in [0.1, 0.15) is 22.3 Å². The molecule has 208 valence electrons. The van der Waals surface area contributed by atoms with Crippen molar-refractivity contribution in [3.8, 4) is 0 Å². The second kappa shape index (κ2) is 15.8. The first-order valence-corrected chi connectivity index (χ1v) is 13.5. The van der Waals surface area contributed by atoms with Crippen LogP contribution in [0.5, 0.6) is 0 Å². The van der Waals surface area contributed by atoms with Crippen LogP contribution in [-0.2, 0) is 45.2 Å². The third kappa shape index (κ3) is 9.23. The Hall–Kier alpha value is -3.65. The van der Waals surface area contributed by atoms with Gasteiger partial charge in [0.15, 0.2) is 5.78 Å². The number of hydrogen-bond donors (Lipinski definition) is 2. The Balaban J connectivity index is 1.51. The lowest BCUT2D eigenvalue weighted by Crippen LogP contribution is -2.51. The van der Waals surface area contributed by atoms with Gasteiger partial charge in [0.2, 0.25) is 0 Å². The van der Waals surface area contributed by atoms with E-state index < -0.39 is 24.4 Å². The van der Waals surface area contributed by atoms with Crippen molar-refractivity contribution in [3.05, 3.63) is 144 Å². The molecule has 6 heteroatoms. The average Bonchev–Trinajstić information content (AvgIpc) is 2.99. The number of Topliss-reactive ketones (excluding diaryl/α,β-unsaturated/α-hetero) is 1. The molecule has 4 aromatic rings. The van der Waals surface area contributed by atoms with Gasteiger partial charge in [0.1, 0.15) is 24.4 Å². The van der Waals surface area contributed by atoms with E-state index in [1.54, 1.807) is 0 Å². The molecule has 0 aliphatic rings. The van der Waals surface area contributed by atoms with Gasteiger partial charge in [-0.2, -0.15) is 0 Å². The number of benzene rings is 4. The molecule has 0 aromatic heterocycles. The van der Waals surface area contributed by atoms with E-state index in [-0.39, 0.29) is 32.0 Å². The summed E-state index contributed by atoms with van der Waals surface area (Å²) >= 11 is 0. The summed E-state index contributed by atoms with van der Waals surface area (Å²) < 4.78 is 17.9. The minimum absolute atomic E-state index is 0.0728. The zero-order valence-electron chi connectivity index (χ0n) is 22.4. The van der Waals surface area contributed by atoms with Gasteiger partial charge in [-0.15, -0.1) is 0 Å². The monoisotopic (exact) mass is 540 g/mol. The molecule has 4 aromatic carbocycles. The van der Waals surface area contributed by atoms with Gasteiger partial charge in [0.25, 0.3) is 0 Å². The summed E-state index contributed by atoms with van der Waals surface area (Å²) in [6.07, 6.45) is -4.96. The highest BCUT2D eigenvalue weighted by atomic mass is 16.5. The molecule has 0 radical (unpaired) electrons. The van der Waals surface area contributed by atoms with Crippen molar-refractivity contribution in [1.82, 2.24) is 0 Å². The first-order chi connectivity index (χ1) is 19.6. The molecule has 0 unspecified atom stereocenters. The lowest BCUT2D eigenvalue weighted by atomic mass is 9.96. The Morgan fingerprint density at radius 1 is 0.575 bits per heavy atom. The highest BCUT2D eigenvalue weighted by Gasteiger charge is 2.38. The fourth-order valence-electron chi connectivity index (χ4n) is 4.38. The van der Waals surface area contributed by atoms with Gasteiger partial charge in [-0.1, -0.05) is 121 Å². The van der Waals surface area contributed by atoms with Crippen LogP contribution in [-0.4, -0.2) is 47.0 Å². The van der Waals surface area contributed by atoms with Crippen LogP contribution in [0.4, 0.5) is 0 Å². The molecule has 2 N–H and O–H groups in total. The lowest BCUT2D eigenvalue weighted by molar-refractivity contribution is -0.173. The molecule has 4 atom stereocenters. The standard InChI is InChI=1S/C34H36O6/c35-30(21-26-13-5-1-6-14-26)33(39-23-28-17-9-3-10-18-28)32(37)34(40-24-29-19-11-4-12-20-29)31(36)25-38-22-27-15-7-2-8-16-27/h1-20,31-34,36-37H,21-25H2/t31-,32-,33+,34+/m1/s1. The van der Waals surface area contributed by atoms with Gasteiger partial charge in [-0.05, 0) is 22.3 Å². The summed E-state index contributed by atoms with van der Waals surface area (Å²) in [5, 5.41) is 22.7. The van der Waals surface area contributed by atoms with Crippen LogP contribution < -0.4 is 0 Å². The van der Waals surface area contributed by atoms with E-state index in [2.05, 4.69) is 0 Å². The lowest BCUT2D eigenvalue weighted by Gasteiger charge is -2.32. The van der Waals surface area contributed by atoms with Crippen molar-refractivity contribution in [3.63, 3.8) is 0 Å². The number of aliphatic hydroxyl groups excluding tert-OH is 2. The van der Waals surface area contributed by atoms with E-state index >= 15 is 0 Å². The topological polar surface area (TPSA) is 85.2 Å². The van der Waals surface area contributed by atoms with E-state index in [9.17, 15) is 15.0 Å². The van der Waals surface area contributed by atoms with Crippen LogP contribution in [0.15, 0.2) is 121 Å². The van der Waals surface area contributed by atoms with Gasteiger partial charge in [0, 0.05) is 6.42 Å². The number of carbonyl (C=O) groups excluding carboxylic acids is 1. The fourth-order valence-corrected chi connectivity index (χ4v) is 4.38. The Labute approximate surface area is 235 Å². The number of aliphatic hydroxyl groups is 2. The Morgan fingerprint density at radius 3 is 1.50 bits per heavy atom. The Kier molecular flexibility index (Phi) is 11.6. The maximum atomic E-state index is 13.5. The third-order valence-electron chi connectivity index (χ3n) is 6.52. The zero-order chi connectivity index (χ0) is 28.0. The summed E-state index contributed by atoms with van der Waals surface area (Å²) in [5.41, 5.74) is 3.50. The maximum Gasteiger partial charge on any atom is 0.168 e. The first kappa shape index (κ1) is 29.3. The Morgan fingerprint density at radius 2 is 1.00 bits per heavy atom. The first-order valence-electron chi connectivity index (χ1n) is 13.5. The number of ketones is 1. The van der Waals surface area contributed by atoms with Crippen molar-refractivity contribution in [1.29, 1.82) is 0 Å². The molecule has 0 aliphatic carbocycles. The molecule has 6 nitrogen and oxygen atoms in total. The highest BCUT2D eigenvalue weighted by Crippen LogP contribution is 2.19. The Bertz CT molecular complexity index is 1250. The molecule has 0 saturated heterocycles. The van der Waals surface area contributed by atoms with Gasteiger partial charge >= 0.3 is 0 Å². The molecule has 0 fully saturated rings. The van der Waals surface area contributed by atoms with Crippen LogP contribution >= 0.6 is 0 Å². The van der Waals surface area contributed by atoms with E-state index in [0.717, 1.165) is 22.3 Å². The molecular formula is C34H36O6. The quantitative estimate of drug-likeness (QED) is 0.210. The van der Waals surface area contributed by atoms with Gasteiger partial charge in [0.05, 0.1) is 26.4 Å². The molecule has 0 aliphatic heterocycles. The minimum atomic E-state index is -1.45. The van der Waals surface area contributed by atoms with Crippen molar-refractivity contribution in [2.45, 2.75) is 50.7 Å². The summed E-state index contributed by atoms with van der Waals surface area (Å²) in [4.78, 5) is 13.5. The SMILES string of the molecule is O=C(Cc1ccccc1)[C@H](OCc1ccccc1)[C@@H](O)[C@@H](OCc1ccccc1)[C@H](O)COCc1ccccc1. The molecule has 0 saturated carbocycles. The van der Waals surface area contributed by atoms with Crippen molar-refractivity contribution >= 4 is 5.78 Å². The van der Waals surface area contributed by atoms with Crippen LogP contribution in [0.25, 0.3) is 0 Å². The van der Waals surface area contributed by atoms with Crippen LogP contribution in [0.2, 0.25) is 0 Å². The van der Waals surface area contributed by atoms with Gasteiger partial charge < -0.3 is 24.4 Å². The van der Waals surface area contributed by atoms with Crippen LogP contribution in [0, 0.1) is 0 Å². The molecule has 0 spiro atoms. The van der Waals surface area contributed by atoms with Crippen LogP contribution in [0.3, 0.4) is 0 Å². The van der Waals surface area contributed by atoms with Gasteiger partial charge in [-0.25, -0.2) is 0 Å². The van der Waals surface area contributed by atoms with Crippen molar-refractivity contribution < 1.29 is 29.2 Å². The molecule has 40 heavy (non-hydrogen) atoms. The summed E-state index contributed by atoms with van der Waals surface area (Å²) in [6, 6.07) is 37.8. The summed E-state index contributed by atoms with van der Waals surface area (Å²) in [7, 11) is 0. The van der Waals surface area contributed by atoms with Crippen molar-refractivity contribution in [2.75, 3.05) is 6.61 Å². The predicted molar refractivity (Wildman–Crippen MR) is 153 cm³/mol. The average molecular weight is 541 g/mol. The molecule has 0 heterocycles. The highest BCUT2D eigenvalue weighted by molar-refractivity contribution is 5.86. The molecule has 4 rings (SSSR count). The van der Waals surface area contributed by atoms with E-state index in [1.165, 1.54) is 0 Å². The van der Waals surface area contributed by atoms with Crippen molar-refractivity contribution in [2.24, 2.45) is 0 Å². The zero-order valence-corrected chi connectivity index (χ0v) is 22.4. The predicted octanol–water partition coefficient (Wildman–Crippen LogP) is 4.91. The molecule has 0 amide bonds. The molecule has 0 bridgehead atoms. The third-order valence-corrected chi connectivity index (χ3v) is 6.52. The number of rotatable bonds is 16. The smallest absolute Gasteiger partial charge is 0.168 e. The number of ether oxygens (including phenoxy) is 3. The number of hydrogen-bond acceptors (Lipinski definition) is 6. The van der Waals surface area contributed by atoms with E-state index in [1.807, 2.05) is 121 Å². The second-order valence-electron chi connectivity index (χ2n) is 9.67. The summed E-state index contributed by atoms with van der Waals surface area (Å²) in [5.74, 6) is -0.305. The van der Waals surface area contributed by atoms with E-state index in [0.29, 0.717) is 6.61 Å². The maximum absolute atomic E-state index is 13.5. The fraction of sp³-hybridized carbons (Fsp3) is 0.265. The molecular weight excluding hydrogens is 504 g/mol. The number of carbonyl (C=O) groups is 1. The van der Waals surface area contributed by atoms with E-state index in [4.69, 9.17) is 14.2 Å². The largest absolute Gasteiger partial charge is 0.388 e.